The SMILES string of the molecule is CC(C)=CCC/C(C)=C/C=C\CCc1ccccc1. The fourth-order valence-corrected chi connectivity index (χ4v) is 1.90. The predicted octanol–water partition coefficient (Wildman–Crippen LogP) is 5.87. The summed E-state index contributed by atoms with van der Waals surface area (Å²) >= 11 is 0. The molecule has 0 heterocycles. The van der Waals surface area contributed by atoms with Gasteiger partial charge >= 0.3 is 0 Å². The lowest BCUT2D eigenvalue weighted by Gasteiger charge is -1.97. The topological polar surface area (TPSA) is 0 Å². The molecule has 0 atom stereocenters. The van der Waals surface area contributed by atoms with E-state index in [1.165, 1.54) is 16.7 Å². The quantitative estimate of drug-likeness (QED) is 0.422. The van der Waals surface area contributed by atoms with E-state index >= 15 is 0 Å². The molecule has 0 amide bonds. The normalized spacial score (nSPS) is 11.8. The number of benzene rings is 1. The molecular weight excluding hydrogens is 228 g/mol. The Balaban J connectivity index is 2.23. The van der Waals surface area contributed by atoms with Crippen LogP contribution in [-0.4, -0.2) is 0 Å². The lowest BCUT2D eigenvalue weighted by molar-refractivity contribution is 0.965. The van der Waals surface area contributed by atoms with Crippen molar-refractivity contribution < 1.29 is 0 Å². The van der Waals surface area contributed by atoms with E-state index in [1.54, 1.807) is 0 Å². The van der Waals surface area contributed by atoms with Crippen LogP contribution in [0.5, 0.6) is 0 Å². The molecule has 1 aromatic rings. The molecule has 0 spiro atoms. The zero-order chi connectivity index (χ0) is 13.9. The Morgan fingerprint density at radius 1 is 1.00 bits per heavy atom. The smallest absolute Gasteiger partial charge is 0.0244 e. The standard InChI is InChI=1S/C19H26/c1-17(2)11-10-13-18(3)12-6-4-7-14-19-15-8-5-9-16-19/h4-6,8-9,11-12,15-16H,7,10,13-14H2,1-3H3/b6-4-,18-12+. The molecule has 0 bridgehead atoms. The van der Waals surface area contributed by atoms with E-state index in [9.17, 15) is 0 Å². The predicted molar refractivity (Wildman–Crippen MR) is 86.3 cm³/mol. The first kappa shape index (κ1) is 15.5. The highest BCUT2D eigenvalue weighted by Crippen LogP contribution is 2.07. The number of hydrogen-bond donors (Lipinski definition) is 0. The van der Waals surface area contributed by atoms with Crippen LogP contribution in [0.2, 0.25) is 0 Å². The van der Waals surface area contributed by atoms with Crippen molar-refractivity contribution >= 4 is 0 Å². The van der Waals surface area contributed by atoms with Gasteiger partial charge in [-0.2, -0.15) is 0 Å². The molecule has 0 aliphatic carbocycles. The van der Waals surface area contributed by atoms with Crippen molar-refractivity contribution in [1.82, 2.24) is 0 Å². The summed E-state index contributed by atoms with van der Waals surface area (Å²) in [5, 5.41) is 0. The minimum Gasteiger partial charge on any atom is -0.0856 e. The first-order valence-corrected chi connectivity index (χ1v) is 7.18. The van der Waals surface area contributed by atoms with Crippen LogP contribution in [0.3, 0.4) is 0 Å². The highest BCUT2D eigenvalue weighted by atomic mass is 13.9. The maximum Gasteiger partial charge on any atom is -0.0244 e. The lowest BCUT2D eigenvalue weighted by Crippen LogP contribution is -1.81. The average molecular weight is 254 g/mol. The summed E-state index contributed by atoms with van der Waals surface area (Å²) in [6, 6.07) is 10.7. The Morgan fingerprint density at radius 3 is 2.42 bits per heavy atom. The number of rotatable bonds is 7. The van der Waals surface area contributed by atoms with Crippen LogP contribution in [0.15, 0.2) is 65.8 Å². The van der Waals surface area contributed by atoms with Crippen LogP contribution in [-0.2, 0) is 6.42 Å². The summed E-state index contributed by atoms with van der Waals surface area (Å²) in [6.07, 6.45) is 13.6. The van der Waals surface area contributed by atoms with Crippen molar-refractivity contribution in [1.29, 1.82) is 0 Å². The van der Waals surface area contributed by atoms with Crippen LogP contribution >= 0.6 is 0 Å². The van der Waals surface area contributed by atoms with E-state index < -0.39 is 0 Å². The van der Waals surface area contributed by atoms with Gasteiger partial charge in [-0.3, -0.25) is 0 Å². The highest BCUT2D eigenvalue weighted by Gasteiger charge is 1.89. The molecule has 102 valence electrons. The van der Waals surface area contributed by atoms with Gasteiger partial charge < -0.3 is 0 Å². The van der Waals surface area contributed by atoms with Gasteiger partial charge in [-0.15, -0.1) is 0 Å². The van der Waals surface area contributed by atoms with Gasteiger partial charge in [-0.1, -0.05) is 65.8 Å². The number of hydrogen-bond acceptors (Lipinski definition) is 0. The van der Waals surface area contributed by atoms with E-state index in [2.05, 4.69) is 75.4 Å². The average Bonchev–Trinajstić information content (AvgIpc) is 2.39. The third-order valence-corrected chi connectivity index (χ3v) is 3.05. The number of allylic oxidation sites excluding steroid dienone is 6. The Morgan fingerprint density at radius 2 is 1.74 bits per heavy atom. The van der Waals surface area contributed by atoms with E-state index in [0.717, 1.165) is 25.7 Å². The number of aryl methyl sites for hydroxylation is 1. The fourth-order valence-electron chi connectivity index (χ4n) is 1.90. The Bertz CT molecular complexity index is 428. The lowest BCUT2D eigenvalue weighted by atomic mass is 10.1. The molecule has 0 unspecified atom stereocenters. The van der Waals surface area contributed by atoms with E-state index in [0.29, 0.717) is 0 Å². The molecule has 0 aliphatic heterocycles. The van der Waals surface area contributed by atoms with Gasteiger partial charge in [0.15, 0.2) is 0 Å². The molecule has 1 rings (SSSR count). The summed E-state index contributed by atoms with van der Waals surface area (Å²) in [5.41, 5.74) is 4.27. The van der Waals surface area contributed by atoms with Gasteiger partial charge in [0.05, 0.1) is 0 Å². The Hall–Kier alpha value is -1.56. The summed E-state index contributed by atoms with van der Waals surface area (Å²) in [6.45, 7) is 6.52. The van der Waals surface area contributed by atoms with Crippen molar-refractivity contribution in [3.8, 4) is 0 Å². The monoisotopic (exact) mass is 254 g/mol. The Kier molecular flexibility index (Phi) is 7.65. The molecule has 0 nitrogen and oxygen atoms in total. The second-order valence-corrected chi connectivity index (χ2v) is 5.29. The third-order valence-electron chi connectivity index (χ3n) is 3.05. The Labute approximate surface area is 118 Å². The molecule has 0 saturated heterocycles. The van der Waals surface area contributed by atoms with Gasteiger partial charge in [-0.05, 0) is 52.0 Å². The first-order chi connectivity index (χ1) is 9.18. The second kappa shape index (κ2) is 9.38. The molecule has 0 aliphatic rings. The van der Waals surface area contributed by atoms with Crippen LogP contribution in [0, 0.1) is 0 Å². The van der Waals surface area contributed by atoms with Crippen molar-refractivity contribution in [2.75, 3.05) is 0 Å². The molecular formula is C19H26. The summed E-state index contributed by atoms with van der Waals surface area (Å²) in [5.74, 6) is 0. The molecule has 0 radical (unpaired) electrons. The van der Waals surface area contributed by atoms with E-state index in [1.807, 2.05) is 0 Å². The molecule has 19 heavy (non-hydrogen) atoms. The minimum absolute atomic E-state index is 1.11. The van der Waals surface area contributed by atoms with Crippen molar-refractivity contribution in [2.45, 2.75) is 46.5 Å². The second-order valence-electron chi connectivity index (χ2n) is 5.29. The molecule has 1 aromatic carbocycles. The van der Waals surface area contributed by atoms with Crippen LogP contribution in [0.1, 0.15) is 45.6 Å². The van der Waals surface area contributed by atoms with E-state index in [4.69, 9.17) is 0 Å². The van der Waals surface area contributed by atoms with Gasteiger partial charge in [0.1, 0.15) is 0 Å². The maximum atomic E-state index is 2.30. The van der Waals surface area contributed by atoms with E-state index in [-0.39, 0.29) is 0 Å². The molecule has 0 aromatic heterocycles. The summed E-state index contributed by atoms with van der Waals surface area (Å²) in [4.78, 5) is 0. The third kappa shape index (κ3) is 8.20. The summed E-state index contributed by atoms with van der Waals surface area (Å²) in [7, 11) is 0. The largest absolute Gasteiger partial charge is 0.0856 e. The minimum atomic E-state index is 1.11. The molecule has 0 fully saturated rings. The first-order valence-electron chi connectivity index (χ1n) is 7.18. The fraction of sp³-hybridized carbons (Fsp3) is 0.368. The maximum absolute atomic E-state index is 2.30. The van der Waals surface area contributed by atoms with Gasteiger partial charge in [0.2, 0.25) is 0 Å². The van der Waals surface area contributed by atoms with Crippen LogP contribution in [0.25, 0.3) is 0 Å². The van der Waals surface area contributed by atoms with Crippen molar-refractivity contribution in [3.05, 3.63) is 71.3 Å². The summed E-state index contributed by atoms with van der Waals surface area (Å²) < 4.78 is 0. The van der Waals surface area contributed by atoms with Crippen LogP contribution < -0.4 is 0 Å². The van der Waals surface area contributed by atoms with Gasteiger partial charge in [0.25, 0.3) is 0 Å². The van der Waals surface area contributed by atoms with Crippen molar-refractivity contribution in [3.63, 3.8) is 0 Å². The highest BCUT2D eigenvalue weighted by molar-refractivity contribution is 5.16. The van der Waals surface area contributed by atoms with Crippen molar-refractivity contribution in [2.24, 2.45) is 0 Å². The van der Waals surface area contributed by atoms with Gasteiger partial charge in [0, 0.05) is 0 Å². The van der Waals surface area contributed by atoms with Crippen LogP contribution in [0.4, 0.5) is 0 Å². The van der Waals surface area contributed by atoms with Gasteiger partial charge in [-0.25, -0.2) is 0 Å². The molecule has 0 saturated carbocycles. The molecule has 0 heteroatoms. The molecule has 0 N–H and O–H groups in total. The zero-order valence-electron chi connectivity index (χ0n) is 12.5. The zero-order valence-corrected chi connectivity index (χ0v) is 12.5.